The largest absolute Gasteiger partial charge is 0.462 e. The van der Waals surface area contributed by atoms with Crippen LogP contribution in [0.1, 0.15) is 36.5 Å². The first-order valence-electron chi connectivity index (χ1n) is 9.83. The van der Waals surface area contributed by atoms with Crippen molar-refractivity contribution in [3.63, 3.8) is 0 Å². The highest BCUT2D eigenvalue weighted by Crippen LogP contribution is 2.38. The minimum Gasteiger partial charge on any atom is -0.462 e. The zero-order valence-corrected chi connectivity index (χ0v) is 17.5. The molecule has 2 aliphatic rings. The molecule has 1 saturated heterocycles. The number of nitrogens with one attached hydrogen (secondary N) is 2. The molecular weight excluding hydrogens is 425 g/mol. The molecule has 1 aromatic carbocycles. The number of thiophene rings is 1. The van der Waals surface area contributed by atoms with Crippen LogP contribution in [-0.2, 0) is 14.3 Å². The number of carbonyl (C=O) groups excluding carboxylic acids is 4. The van der Waals surface area contributed by atoms with E-state index >= 15 is 0 Å². The summed E-state index contributed by atoms with van der Waals surface area (Å²) in [6.07, 6.45) is 1.97. The highest BCUT2D eigenvalue weighted by molar-refractivity contribution is 7.15. The fourth-order valence-electron chi connectivity index (χ4n) is 3.70. The lowest BCUT2D eigenvalue weighted by molar-refractivity contribution is -0.136. The molecule has 0 bridgehead atoms. The van der Waals surface area contributed by atoms with E-state index in [1.165, 1.54) is 24.3 Å². The van der Waals surface area contributed by atoms with Crippen LogP contribution >= 0.6 is 11.3 Å². The SMILES string of the molecule is CCOC(=O)c1c(-c2ccc(F)cc2)csc1NC(=O)CN1C(=O)NC2(CCC2)C1=O. The van der Waals surface area contributed by atoms with Crippen molar-refractivity contribution >= 4 is 40.2 Å². The van der Waals surface area contributed by atoms with Crippen molar-refractivity contribution < 1.29 is 28.3 Å². The number of ether oxygens (including phenoxy) is 1. The number of esters is 1. The zero-order chi connectivity index (χ0) is 22.2. The number of urea groups is 1. The van der Waals surface area contributed by atoms with E-state index in [1.807, 2.05) is 0 Å². The van der Waals surface area contributed by atoms with Gasteiger partial charge in [0.25, 0.3) is 5.91 Å². The molecule has 2 N–H and O–H groups in total. The van der Waals surface area contributed by atoms with Crippen molar-refractivity contribution in [2.75, 3.05) is 18.5 Å². The van der Waals surface area contributed by atoms with Crippen LogP contribution in [0.2, 0.25) is 0 Å². The van der Waals surface area contributed by atoms with Crippen molar-refractivity contribution in [1.29, 1.82) is 0 Å². The van der Waals surface area contributed by atoms with Crippen molar-refractivity contribution in [3.8, 4) is 11.1 Å². The molecular formula is C21H20FN3O5S. The van der Waals surface area contributed by atoms with Gasteiger partial charge in [-0.1, -0.05) is 12.1 Å². The summed E-state index contributed by atoms with van der Waals surface area (Å²) in [4.78, 5) is 50.8. The van der Waals surface area contributed by atoms with Crippen molar-refractivity contribution in [2.24, 2.45) is 0 Å². The molecule has 0 unspecified atom stereocenters. The third kappa shape index (κ3) is 3.78. The molecule has 2 fully saturated rings. The number of hydrogen-bond donors (Lipinski definition) is 2. The Hall–Kier alpha value is -3.27. The summed E-state index contributed by atoms with van der Waals surface area (Å²) < 4.78 is 18.4. The summed E-state index contributed by atoms with van der Waals surface area (Å²) in [7, 11) is 0. The third-order valence-electron chi connectivity index (χ3n) is 5.43. The van der Waals surface area contributed by atoms with Gasteiger partial charge >= 0.3 is 12.0 Å². The lowest BCUT2D eigenvalue weighted by atomic mass is 9.77. The minimum absolute atomic E-state index is 0.134. The third-order valence-corrected chi connectivity index (χ3v) is 6.33. The van der Waals surface area contributed by atoms with E-state index in [0.717, 1.165) is 22.7 Å². The summed E-state index contributed by atoms with van der Waals surface area (Å²) >= 11 is 1.10. The van der Waals surface area contributed by atoms with Gasteiger partial charge < -0.3 is 15.4 Å². The maximum atomic E-state index is 13.3. The number of imide groups is 1. The second-order valence-corrected chi connectivity index (χ2v) is 8.27. The van der Waals surface area contributed by atoms with E-state index in [0.29, 0.717) is 24.0 Å². The molecule has 2 heterocycles. The van der Waals surface area contributed by atoms with Gasteiger partial charge in [0.05, 0.1) is 6.61 Å². The Morgan fingerprint density at radius 3 is 2.55 bits per heavy atom. The summed E-state index contributed by atoms with van der Waals surface area (Å²) in [5, 5.41) is 7.17. The molecule has 10 heteroatoms. The van der Waals surface area contributed by atoms with Gasteiger partial charge in [-0.3, -0.25) is 14.5 Å². The Morgan fingerprint density at radius 1 is 1.26 bits per heavy atom. The molecule has 8 nitrogen and oxygen atoms in total. The first-order valence-corrected chi connectivity index (χ1v) is 10.7. The monoisotopic (exact) mass is 445 g/mol. The molecule has 4 rings (SSSR count). The Labute approximate surface area is 181 Å². The summed E-state index contributed by atoms with van der Waals surface area (Å²) in [6, 6.07) is 5.00. The topological polar surface area (TPSA) is 105 Å². The van der Waals surface area contributed by atoms with Crippen LogP contribution in [0, 0.1) is 5.82 Å². The molecule has 1 aliphatic carbocycles. The second-order valence-electron chi connectivity index (χ2n) is 7.39. The summed E-state index contributed by atoms with van der Waals surface area (Å²) in [6.45, 7) is 1.34. The molecule has 1 aliphatic heterocycles. The van der Waals surface area contributed by atoms with E-state index < -0.39 is 41.7 Å². The lowest BCUT2D eigenvalue weighted by Crippen LogP contribution is -2.52. The normalized spacial score (nSPS) is 16.8. The van der Waals surface area contributed by atoms with E-state index in [2.05, 4.69) is 10.6 Å². The van der Waals surface area contributed by atoms with Gasteiger partial charge in [0.1, 0.15) is 28.5 Å². The molecule has 0 atom stereocenters. The predicted molar refractivity (Wildman–Crippen MR) is 111 cm³/mol. The van der Waals surface area contributed by atoms with Crippen LogP contribution in [0.15, 0.2) is 29.6 Å². The summed E-state index contributed by atoms with van der Waals surface area (Å²) in [5.41, 5.74) is 0.343. The Bertz CT molecular complexity index is 1060. The first-order chi connectivity index (χ1) is 14.8. The summed E-state index contributed by atoms with van der Waals surface area (Å²) in [5.74, 6) is -2.06. The fraction of sp³-hybridized carbons (Fsp3) is 0.333. The van der Waals surface area contributed by atoms with Crippen molar-refractivity contribution in [3.05, 3.63) is 41.0 Å². The van der Waals surface area contributed by atoms with Gasteiger partial charge in [-0.15, -0.1) is 11.3 Å². The number of anilines is 1. The molecule has 0 radical (unpaired) electrons. The van der Waals surface area contributed by atoms with Gasteiger partial charge in [-0.2, -0.15) is 0 Å². The van der Waals surface area contributed by atoms with Crippen LogP contribution in [0.25, 0.3) is 11.1 Å². The average Bonchev–Trinajstić information content (AvgIpc) is 3.22. The lowest BCUT2D eigenvalue weighted by Gasteiger charge is -2.34. The second kappa shape index (κ2) is 8.10. The first kappa shape index (κ1) is 21.0. The van der Waals surface area contributed by atoms with E-state index in [4.69, 9.17) is 4.74 Å². The van der Waals surface area contributed by atoms with Gasteiger partial charge in [0, 0.05) is 10.9 Å². The average molecular weight is 445 g/mol. The Balaban J connectivity index is 1.55. The Kier molecular flexibility index (Phi) is 5.48. The minimum atomic E-state index is -0.869. The fourth-order valence-corrected chi connectivity index (χ4v) is 4.67. The predicted octanol–water partition coefficient (Wildman–Crippen LogP) is 3.14. The highest BCUT2D eigenvalue weighted by atomic mass is 32.1. The molecule has 1 saturated carbocycles. The van der Waals surface area contributed by atoms with Crippen LogP contribution in [-0.4, -0.2) is 47.4 Å². The number of nitrogens with zero attached hydrogens (tertiary/aromatic N) is 1. The van der Waals surface area contributed by atoms with E-state index in [9.17, 15) is 23.6 Å². The number of amides is 4. The number of carbonyl (C=O) groups is 4. The number of halogens is 1. The van der Waals surface area contributed by atoms with Crippen LogP contribution in [0.4, 0.5) is 14.2 Å². The molecule has 4 amide bonds. The smallest absolute Gasteiger partial charge is 0.341 e. The molecule has 31 heavy (non-hydrogen) atoms. The maximum absolute atomic E-state index is 13.3. The van der Waals surface area contributed by atoms with Crippen molar-refractivity contribution in [2.45, 2.75) is 31.7 Å². The zero-order valence-electron chi connectivity index (χ0n) is 16.7. The van der Waals surface area contributed by atoms with Gasteiger partial charge in [-0.25, -0.2) is 14.0 Å². The van der Waals surface area contributed by atoms with E-state index in [1.54, 1.807) is 12.3 Å². The van der Waals surface area contributed by atoms with Crippen molar-refractivity contribution in [1.82, 2.24) is 10.2 Å². The molecule has 2 aromatic rings. The quantitative estimate of drug-likeness (QED) is 0.525. The standard InChI is InChI=1S/C21H20FN3O5S/c1-2-30-18(27)16-14(12-4-6-13(22)7-5-12)11-31-17(16)23-15(26)10-25-19(28)21(8-3-9-21)24-20(25)29/h4-7,11H,2-3,8-10H2,1H3,(H,23,26)(H,24,29). The number of hydrogen-bond acceptors (Lipinski definition) is 6. The number of benzene rings is 1. The van der Waals surface area contributed by atoms with Crippen LogP contribution < -0.4 is 10.6 Å². The molecule has 162 valence electrons. The number of rotatable bonds is 6. The van der Waals surface area contributed by atoms with Gasteiger partial charge in [-0.05, 0) is 43.9 Å². The molecule has 1 spiro atoms. The van der Waals surface area contributed by atoms with Crippen LogP contribution in [0.5, 0.6) is 0 Å². The van der Waals surface area contributed by atoms with Gasteiger partial charge in [0.15, 0.2) is 0 Å². The Morgan fingerprint density at radius 2 is 1.97 bits per heavy atom. The van der Waals surface area contributed by atoms with E-state index in [-0.39, 0.29) is 17.2 Å². The molecule has 1 aromatic heterocycles. The maximum Gasteiger partial charge on any atom is 0.341 e. The van der Waals surface area contributed by atoms with Gasteiger partial charge in [0.2, 0.25) is 5.91 Å². The van der Waals surface area contributed by atoms with Crippen LogP contribution in [0.3, 0.4) is 0 Å². The highest BCUT2D eigenvalue weighted by Gasteiger charge is 2.55.